The summed E-state index contributed by atoms with van der Waals surface area (Å²) in [4.78, 5) is 23.7. The first-order chi connectivity index (χ1) is 12.1. The van der Waals surface area contributed by atoms with Crippen LogP contribution in [0.4, 0.5) is 5.88 Å². The van der Waals surface area contributed by atoms with Gasteiger partial charge in [0.05, 0.1) is 5.56 Å². The zero-order valence-corrected chi connectivity index (χ0v) is 15.6. The summed E-state index contributed by atoms with van der Waals surface area (Å²) in [6.45, 7) is 9.35. The average Bonchev–Trinajstić information content (AvgIpc) is 2.87. The van der Waals surface area contributed by atoms with E-state index in [1.165, 1.54) is 18.6 Å². The number of amides is 1. The van der Waals surface area contributed by atoms with Gasteiger partial charge in [-0.1, -0.05) is 45.0 Å². The Labute approximate surface area is 153 Å². The van der Waals surface area contributed by atoms with Gasteiger partial charge in [-0.2, -0.15) is 5.26 Å². The Hall–Kier alpha value is -3.13. The number of furan rings is 1. The summed E-state index contributed by atoms with van der Waals surface area (Å²) in [7, 11) is 0. The van der Waals surface area contributed by atoms with Gasteiger partial charge in [0.1, 0.15) is 17.4 Å². The molecule has 0 atom stereocenters. The minimum absolute atomic E-state index is 0.00655. The van der Waals surface area contributed by atoms with Crippen LogP contribution in [0.2, 0.25) is 0 Å². The third-order valence-electron chi connectivity index (χ3n) is 3.99. The summed E-state index contributed by atoms with van der Waals surface area (Å²) >= 11 is 0. The lowest BCUT2D eigenvalue weighted by atomic mass is 9.87. The second-order valence-corrected chi connectivity index (χ2v) is 7.10. The largest absolute Gasteiger partial charge is 0.443 e. The molecule has 1 aromatic heterocycles. The lowest BCUT2D eigenvalue weighted by Gasteiger charge is -2.18. The predicted molar refractivity (Wildman–Crippen MR) is 101 cm³/mol. The molecule has 0 fully saturated rings. The first kappa shape index (κ1) is 19.2. The van der Waals surface area contributed by atoms with Crippen molar-refractivity contribution in [3.63, 3.8) is 0 Å². The molecule has 134 valence electrons. The van der Waals surface area contributed by atoms with Crippen LogP contribution in [0, 0.1) is 18.3 Å². The van der Waals surface area contributed by atoms with E-state index in [0.29, 0.717) is 5.76 Å². The Morgan fingerprint density at radius 1 is 1.19 bits per heavy atom. The lowest BCUT2D eigenvalue weighted by Crippen LogP contribution is -2.10. The second-order valence-electron chi connectivity index (χ2n) is 7.10. The van der Waals surface area contributed by atoms with Crippen LogP contribution in [0.5, 0.6) is 0 Å². The van der Waals surface area contributed by atoms with Gasteiger partial charge in [-0.15, -0.1) is 0 Å². The number of carbonyl (C=O) groups is 2. The molecule has 2 rings (SSSR count). The van der Waals surface area contributed by atoms with Gasteiger partial charge in [0.25, 0.3) is 5.91 Å². The van der Waals surface area contributed by atoms with Gasteiger partial charge in [0.15, 0.2) is 5.78 Å². The molecule has 0 spiro atoms. The molecule has 1 amide bonds. The number of rotatable bonds is 4. The summed E-state index contributed by atoms with van der Waals surface area (Å²) in [6.07, 6.45) is 3.04. The molecule has 5 heteroatoms. The number of nitrogens with zero attached hydrogens (tertiary/aromatic N) is 1. The highest BCUT2D eigenvalue weighted by Gasteiger charge is 2.21. The number of nitriles is 1. The third-order valence-corrected chi connectivity index (χ3v) is 3.99. The maximum Gasteiger partial charge on any atom is 0.250 e. The molecule has 1 aromatic carbocycles. The standard InChI is InChI=1S/C21H22N2O3/c1-13(24)19-14(2)26-20(17(19)12-22)23-18(25)11-8-15-6-9-16(10-7-15)21(3,4)5/h6-11H,1-5H3,(H,23,25)/b11-8+. The van der Waals surface area contributed by atoms with E-state index in [0.717, 1.165) is 5.56 Å². The fourth-order valence-corrected chi connectivity index (χ4v) is 2.58. The Bertz CT molecular complexity index is 904. The van der Waals surface area contributed by atoms with Gasteiger partial charge in [-0.05, 0) is 36.5 Å². The first-order valence-electron chi connectivity index (χ1n) is 8.27. The normalized spacial score (nSPS) is 11.4. The number of anilines is 1. The van der Waals surface area contributed by atoms with Crippen molar-refractivity contribution in [2.75, 3.05) is 5.32 Å². The molecule has 0 aliphatic rings. The van der Waals surface area contributed by atoms with Crippen LogP contribution in [-0.2, 0) is 10.2 Å². The number of hydrogen-bond donors (Lipinski definition) is 1. The number of aryl methyl sites for hydroxylation is 1. The Morgan fingerprint density at radius 2 is 1.81 bits per heavy atom. The molecule has 0 aliphatic carbocycles. The Morgan fingerprint density at radius 3 is 2.31 bits per heavy atom. The molecule has 0 radical (unpaired) electrons. The highest BCUT2D eigenvalue weighted by Crippen LogP contribution is 2.27. The van der Waals surface area contributed by atoms with Crippen LogP contribution in [0.1, 0.15) is 60.5 Å². The van der Waals surface area contributed by atoms with Crippen molar-refractivity contribution in [1.29, 1.82) is 5.26 Å². The van der Waals surface area contributed by atoms with E-state index in [2.05, 4.69) is 26.1 Å². The van der Waals surface area contributed by atoms with Gasteiger partial charge in [0.2, 0.25) is 5.88 Å². The molecular weight excluding hydrogens is 328 g/mol. The highest BCUT2D eigenvalue weighted by atomic mass is 16.4. The monoisotopic (exact) mass is 350 g/mol. The molecule has 1 N–H and O–H groups in total. The van der Waals surface area contributed by atoms with Crippen LogP contribution in [0.15, 0.2) is 34.8 Å². The van der Waals surface area contributed by atoms with Crippen LogP contribution < -0.4 is 5.32 Å². The highest BCUT2D eigenvalue weighted by molar-refractivity contribution is 6.04. The van der Waals surface area contributed by atoms with E-state index in [1.807, 2.05) is 30.3 Å². The molecule has 0 bridgehead atoms. The van der Waals surface area contributed by atoms with Crippen molar-refractivity contribution >= 4 is 23.7 Å². The molecule has 1 heterocycles. The second kappa shape index (κ2) is 7.40. The molecule has 0 unspecified atom stereocenters. The molecule has 2 aromatic rings. The maximum atomic E-state index is 12.1. The minimum Gasteiger partial charge on any atom is -0.443 e. The lowest BCUT2D eigenvalue weighted by molar-refractivity contribution is -0.111. The van der Waals surface area contributed by atoms with Crippen LogP contribution >= 0.6 is 0 Å². The number of benzene rings is 1. The van der Waals surface area contributed by atoms with E-state index in [1.54, 1.807) is 13.0 Å². The molecule has 0 saturated carbocycles. The first-order valence-corrected chi connectivity index (χ1v) is 8.27. The Kier molecular flexibility index (Phi) is 5.47. The van der Waals surface area contributed by atoms with Crippen molar-refractivity contribution in [1.82, 2.24) is 0 Å². The minimum atomic E-state index is -0.440. The van der Waals surface area contributed by atoms with E-state index in [-0.39, 0.29) is 28.2 Å². The van der Waals surface area contributed by atoms with Gasteiger partial charge < -0.3 is 4.42 Å². The summed E-state index contributed by atoms with van der Waals surface area (Å²) in [5, 5.41) is 11.8. The van der Waals surface area contributed by atoms with Gasteiger partial charge in [0, 0.05) is 6.08 Å². The number of nitrogens with one attached hydrogen (secondary N) is 1. The smallest absolute Gasteiger partial charge is 0.250 e. The van der Waals surface area contributed by atoms with Crippen LogP contribution in [0.25, 0.3) is 6.08 Å². The number of Topliss-reactive ketones (excluding diaryl/α,β-unsaturated/α-hetero) is 1. The fourth-order valence-electron chi connectivity index (χ4n) is 2.58. The van der Waals surface area contributed by atoms with E-state index < -0.39 is 5.91 Å². The van der Waals surface area contributed by atoms with Crippen molar-refractivity contribution in [3.05, 3.63) is 58.4 Å². The van der Waals surface area contributed by atoms with Crippen molar-refractivity contribution in [3.8, 4) is 6.07 Å². The summed E-state index contributed by atoms with van der Waals surface area (Å²) < 4.78 is 5.36. The maximum absolute atomic E-state index is 12.1. The molecular formula is C21H22N2O3. The van der Waals surface area contributed by atoms with E-state index in [4.69, 9.17) is 4.42 Å². The SMILES string of the molecule is CC(=O)c1c(C)oc(NC(=O)/C=C/c2ccc(C(C)(C)C)cc2)c1C#N. The predicted octanol–water partition coefficient (Wildman–Crippen LogP) is 4.61. The van der Waals surface area contributed by atoms with E-state index in [9.17, 15) is 14.9 Å². The quantitative estimate of drug-likeness (QED) is 0.644. The number of ketones is 1. The summed E-state index contributed by atoms with van der Waals surface area (Å²) in [5.74, 6) is -0.415. The average molecular weight is 350 g/mol. The van der Waals surface area contributed by atoms with Crippen molar-refractivity contribution in [2.45, 2.75) is 40.0 Å². The molecule has 0 aliphatic heterocycles. The summed E-state index contributed by atoms with van der Waals surface area (Å²) in [5.41, 5.74) is 2.41. The Balaban J connectivity index is 2.14. The van der Waals surface area contributed by atoms with Crippen LogP contribution in [-0.4, -0.2) is 11.7 Å². The zero-order valence-electron chi connectivity index (χ0n) is 15.6. The summed E-state index contributed by atoms with van der Waals surface area (Å²) in [6, 6.07) is 9.85. The van der Waals surface area contributed by atoms with Crippen LogP contribution in [0.3, 0.4) is 0 Å². The number of hydrogen-bond acceptors (Lipinski definition) is 4. The van der Waals surface area contributed by atoms with Crippen molar-refractivity contribution in [2.24, 2.45) is 0 Å². The van der Waals surface area contributed by atoms with E-state index >= 15 is 0 Å². The number of carbonyl (C=O) groups excluding carboxylic acids is 2. The molecule has 26 heavy (non-hydrogen) atoms. The van der Waals surface area contributed by atoms with Gasteiger partial charge in [-0.3, -0.25) is 14.9 Å². The molecule has 0 saturated heterocycles. The van der Waals surface area contributed by atoms with Crippen molar-refractivity contribution < 1.29 is 14.0 Å². The third kappa shape index (κ3) is 4.28. The van der Waals surface area contributed by atoms with Gasteiger partial charge >= 0.3 is 0 Å². The van der Waals surface area contributed by atoms with Gasteiger partial charge in [-0.25, -0.2) is 0 Å². The topological polar surface area (TPSA) is 83.1 Å². The molecule has 5 nitrogen and oxygen atoms in total. The fraction of sp³-hybridized carbons (Fsp3) is 0.286. The zero-order chi connectivity index (χ0) is 19.5.